The molecule has 2 N–H and O–H groups in total. The van der Waals surface area contributed by atoms with E-state index >= 15 is 0 Å². The second-order valence-electron chi connectivity index (χ2n) is 6.90. The lowest BCUT2D eigenvalue weighted by Gasteiger charge is -2.11. The Kier molecular flexibility index (Phi) is 6.01. The molecule has 0 spiro atoms. The maximum atomic E-state index is 12.3. The van der Waals surface area contributed by atoms with Crippen molar-refractivity contribution in [1.29, 1.82) is 0 Å². The van der Waals surface area contributed by atoms with Crippen LogP contribution in [0.2, 0.25) is 0 Å². The van der Waals surface area contributed by atoms with Gasteiger partial charge in [-0.15, -0.1) is 0 Å². The lowest BCUT2D eigenvalue weighted by molar-refractivity contribution is -0.116. The highest BCUT2D eigenvalue weighted by molar-refractivity contribution is 5.95. The third-order valence-corrected chi connectivity index (χ3v) is 3.65. The minimum atomic E-state index is 0.0144. The van der Waals surface area contributed by atoms with Crippen LogP contribution in [0.25, 0.3) is 11.3 Å². The van der Waals surface area contributed by atoms with Gasteiger partial charge < -0.3 is 10.1 Å². The molecule has 0 atom stereocenters. The number of nitrogens with one attached hydrogen (secondary N) is 2. The van der Waals surface area contributed by atoms with Gasteiger partial charge in [-0.05, 0) is 30.4 Å². The van der Waals surface area contributed by atoms with Crippen LogP contribution in [0.3, 0.4) is 0 Å². The van der Waals surface area contributed by atoms with Crippen LogP contribution in [0.1, 0.15) is 39.8 Å². The molecule has 24 heavy (non-hydrogen) atoms. The molecule has 130 valence electrons. The number of aromatic nitrogens is 2. The van der Waals surface area contributed by atoms with E-state index in [0.29, 0.717) is 18.3 Å². The molecule has 0 aliphatic rings. The number of aromatic amines is 1. The molecule has 0 saturated carbocycles. The van der Waals surface area contributed by atoms with E-state index in [1.165, 1.54) is 0 Å². The van der Waals surface area contributed by atoms with Crippen LogP contribution in [0.5, 0.6) is 5.75 Å². The molecule has 2 rings (SSSR count). The summed E-state index contributed by atoms with van der Waals surface area (Å²) >= 11 is 0. The van der Waals surface area contributed by atoms with E-state index < -0.39 is 0 Å². The van der Waals surface area contributed by atoms with E-state index in [4.69, 9.17) is 4.74 Å². The average Bonchev–Trinajstić information content (AvgIpc) is 2.88. The highest BCUT2D eigenvalue weighted by Crippen LogP contribution is 2.32. The molecule has 0 aliphatic heterocycles. The SMILES string of the molecule is COc1cccc(-c2n[nH]c(CC(C)C)c2NC(=O)CC(C)C)c1. The van der Waals surface area contributed by atoms with Gasteiger partial charge in [-0.25, -0.2) is 0 Å². The maximum absolute atomic E-state index is 12.3. The number of carbonyl (C=O) groups excluding carboxylic acids is 1. The number of amides is 1. The largest absolute Gasteiger partial charge is 0.497 e. The zero-order valence-electron chi connectivity index (χ0n) is 15.1. The van der Waals surface area contributed by atoms with E-state index in [9.17, 15) is 4.79 Å². The van der Waals surface area contributed by atoms with Crippen molar-refractivity contribution in [3.05, 3.63) is 30.0 Å². The number of ether oxygens (including phenoxy) is 1. The number of hydrogen-bond donors (Lipinski definition) is 2. The molecular formula is C19H27N3O2. The van der Waals surface area contributed by atoms with Crippen molar-refractivity contribution < 1.29 is 9.53 Å². The second kappa shape index (κ2) is 7.99. The molecule has 1 heterocycles. The Morgan fingerprint density at radius 1 is 1.25 bits per heavy atom. The Balaban J connectivity index is 2.39. The number of rotatable bonds is 7. The van der Waals surface area contributed by atoms with Crippen molar-refractivity contribution >= 4 is 11.6 Å². The van der Waals surface area contributed by atoms with E-state index in [2.05, 4.69) is 29.4 Å². The standard InChI is InChI=1S/C19H27N3O2/c1-12(2)9-16-19(20-17(23)10-13(3)4)18(22-21-16)14-7-6-8-15(11-14)24-5/h6-8,11-13H,9-10H2,1-5H3,(H,20,23)(H,21,22). The minimum Gasteiger partial charge on any atom is -0.497 e. The first-order chi connectivity index (χ1) is 11.4. The fourth-order valence-corrected chi connectivity index (χ4v) is 2.61. The van der Waals surface area contributed by atoms with E-state index in [-0.39, 0.29) is 5.91 Å². The first kappa shape index (κ1) is 18.0. The fraction of sp³-hybridized carbons (Fsp3) is 0.474. The first-order valence-electron chi connectivity index (χ1n) is 8.42. The van der Waals surface area contributed by atoms with E-state index in [0.717, 1.165) is 34.8 Å². The summed E-state index contributed by atoms with van der Waals surface area (Å²) < 4.78 is 5.30. The second-order valence-corrected chi connectivity index (χ2v) is 6.90. The van der Waals surface area contributed by atoms with Crippen LogP contribution in [-0.4, -0.2) is 23.2 Å². The van der Waals surface area contributed by atoms with Crippen LogP contribution in [0.15, 0.2) is 24.3 Å². The average molecular weight is 329 g/mol. The summed E-state index contributed by atoms with van der Waals surface area (Å²) in [7, 11) is 1.64. The summed E-state index contributed by atoms with van der Waals surface area (Å²) in [5.41, 5.74) is 3.41. The molecule has 0 aliphatic carbocycles. The van der Waals surface area contributed by atoms with Crippen LogP contribution < -0.4 is 10.1 Å². The zero-order valence-corrected chi connectivity index (χ0v) is 15.1. The summed E-state index contributed by atoms with van der Waals surface area (Å²) in [6, 6.07) is 7.70. The van der Waals surface area contributed by atoms with Crippen molar-refractivity contribution in [1.82, 2.24) is 10.2 Å². The number of benzene rings is 1. The quantitative estimate of drug-likeness (QED) is 0.797. The van der Waals surface area contributed by atoms with Gasteiger partial charge in [0.15, 0.2) is 0 Å². The summed E-state index contributed by atoms with van der Waals surface area (Å²) in [6.45, 7) is 8.36. The molecule has 1 aromatic heterocycles. The van der Waals surface area contributed by atoms with Crippen molar-refractivity contribution in [2.75, 3.05) is 12.4 Å². The molecule has 0 bridgehead atoms. The number of anilines is 1. The van der Waals surface area contributed by atoms with Gasteiger partial charge in [-0.2, -0.15) is 5.10 Å². The van der Waals surface area contributed by atoms with Crippen molar-refractivity contribution in [2.24, 2.45) is 11.8 Å². The number of carbonyl (C=O) groups is 1. The van der Waals surface area contributed by atoms with Gasteiger partial charge >= 0.3 is 0 Å². The van der Waals surface area contributed by atoms with Gasteiger partial charge in [0, 0.05) is 12.0 Å². The highest BCUT2D eigenvalue weighted by Gasteiger charge is 2.18. The smallest absolute Gasteiger partial charge is 0.224 e. The number of methoxy groups -OCH3 is 1. The molecule has 0 fully saturated rings. The topological polar surface area (TPSA) is 67.0 Å². The summed E-state index contributed by atoms with van der Waals surface area (Å²) in [6.07, 6.45) is 1.32. The summed E-state index contributed by atoms with van der Waals surface area (Å²) in [5, 5.41) is 10.6. The van der Waals surface area contributed by atoms with E-state index in [1.807, 2.05) is 38.1 Å². The molecule has 1 amide bonds. The number of H-pyrrole nitrogens is 1. The molecular weight excluding hydrogens is 302 g/mol. The highest BCUT2D eigenvalue weighted by atomic mass is 16.5. The Hall–Kier alpha value is -2.30. The van der Waals surface area contributed by atoms with Gasteiger partial charge in [-0.3, -0.25) is 9.89 Å². The Morgan fingerprint density at radius 3 is 2.62 bits per heavy atom. The van der Waals surface area contributed by atoms with Gasteiger partial charge in [0.2, 0.25) is 5.91 Å². The zero-order chi connectivity index (χ0) is 17.7. The lowest BCUT2D eigenvalue weighted by Crippen LogP contribution is -2.15. The third-order valence-electron chi connectivity index (χ3n) is 3.65. The molecule has 0 saturated heterocycles. The van der Waals surface area contributed by atoms with Gasteiger partial charge in [0.1, 0.15) is 11.4 Å². The molecule has 0 radical (unpaired) electrons. The Morgan fingerprint density at radius 2 is 2.00 bits per heavy atom. The molecule has 5 heteroatoms. The predicted octanol–water partition coefficient (Wildman–Crippen LogP) is 4.27. The molecule has 1 aromatic carbocycles. The number of nitrogens with zero attached hydrogens (tertiary/aromatic N) is 1. The molecule has 0 unspecified atom stereocenters. The fourth-order valence-electron chi connectivity index (χ4n) is 2.61. The van der Waals surface area contributed by atoms with Gasteiger partial charge in [0.25, 0.3) is 0 Å². The molecule has 2 aromatic rings. The number of hydrogen-bond acceptors (Lipinski definition) is 3. The normalized spacial score (nSPS) is 11.1. The Labute approximate surface area is 143 Å². The van der Waals surface area contributed by atoms with Crippen molar-refractivity contribution in [2.45, 2.75) is 40.5 Å². The summed E-state index contributed by atoms with van der Waals surface area (Å²) in [5.74, 6) is 1.55. The molecule has 5 nitrogen and oxygen atoms in total. The van der Waals surface area contributed by atoms with Gasteiger partial charge in [-0.1, -0.05) is 39.8 Å². The minimum absolute atomic E-state index is 0.0144. The third kappa shape index (κ3) is 4.60. The lowest BCUT2D eigenvalue weighted by atomic mass is 10.0. The predicted molar refractivity (Wildman–Crippen MR) is 97.2 cm³/mol. The van der Waals surface area contributed by atoms with Crippen LogP contribution >= 0.6 is 0 Å². The maximum Gasteiger partial charge on any atom is 0.224 e. The van der Waals surface area contributed by atoms with Crippen LogP contribution in [0, 0.1) is 11.8 Å². The Bertz CT molecular complexity index is 690. The monoisotopic (exact) mass is 329 g/mol. The van der Waals surface area contributed by atoms with Crippen molar-refractivity contribution in [3.8, 4) is 17.0 Å². The van der Waals surface area contributed by atoms with Crippen molar-refractivity contribution in [3.63, 3.8) is 0 Å². The van der Waals surface area contributed by atoms with Gasteiger partial charge in [0.05, 0.1) is 18.5 Å². The summed E-state index contributed by atoms with van der Waals surface area (Å²) in [4.78, 5) is 12.3. The first-order valence-corrected chi connectivity index (χ1v) is 8.42. The van der Waals surface area contributed by atoms with E-state index in [1.54, 1.807) is 7.11 Å². The van der Waals surface area contributed by atoms with Crippen LogP contribution in [0.4, 0.5) is 5.69 Å². The van der Waals surface area contributed by atoms with Crippen LogP contribution in [-0.2, 0) is 11.2 Å².